The molecule has 0 fully saturated rings. The number of nitrogens with one attached hydrogen (secondary N) is 3. The van der Waals surface area contributed by atoms with Crippen LogP contribution in [0.5, 0.6) is 0 Å². The number of carbonyl (C=O) groups excluding carboxylic acids is 1. The molecular weight excluding hydrogens is 507 g/mol. The Hall–Kier alpha value is -4.12. The third kappa shape index (κ3) is 6.00. The molecule has 1 aromatic heterocycles. The molecule has 0 saturated carbocycles. The first kappa shape index (κ1) is 26.0. The van der Waals surface area contributed by atoms with Gasteiger partial charge in [0.2, 0.25) is 5.43 Å². The molecule has 0 atom stereocenters. The molecule has 3 N–H and O–H groups in total. The van der Waals surface area contributed by atoms with E-state index in [0.717, 1.165) is 29.3 Å². The Kier molecular flexibility index (Phi) is 7.08. The molecule has 0 radical (unpaired) electrons. The molecule has 0 aliphatic heterocycles. The summed E-state index contributed by atoms with van der Waals surface area (Å²) in [6.45, 7) is 2.25. The number of H-pyrrole nitrogens is 1. The third-order valence-electron chi connectivity index (χ3n) is 5.67. The quantitative estimate of drug-likeness (QED) is 0.324. The largest absolute Gasteiger partial charge is 0.416 e. The predicted octanol–water partition coefficient (Wildman–Crippen LogP) is 4.63. The first-order chi connectivity index (χ1) is 17.4. The van der Waals surface area contributed by atoms with Crippen molar-refractivity contribution in [3.63, 3.8) is 0 Å². The summed E-state index contributed by atoms with van der Waals surface area (Å²) in [6, 6.07) is 15.2. The van der Waals surface area contributed by atoms with Crippen molar-refractivity contribution in [1.82, 2.24) is 10.3 Å². The van der Waals surface area contributed by atoms with Crippen molar-refractivity contribution in [1.29, 1.82) is 0 Å². The van der Waals surface area contributed by atoms with E-state index in [-0.39, 0.29) is 28.1 Å². The van der Waals surface area contributed by atoms with Gasteiger partial charge in [0.15, 0.2) is 0 Å². The number of pyridine rings is 1. The van der Waals surface area contributed by atoms with Gasteiger partial charge in [-0.05, 0) is 55.3 Å². The van der Waals surface area contributed by atoms with E-state index < -0.39 is 33.1 Å². The Morgan fingerprint density at radius 3 is 2.43 bits per heavy atom. The van der Waals surface area contributed by atoms with Crippen molar-refractivity contribution < 1.29 is 26.4 Å². The van der Waals surface area contributed by atoms with Crippen molar-refractivity contribution in [2.45, 2.75) is 24.4 Å². The summed E-state index contributed by atoms with van der Waals surface area (Å²) in [5, 5.41) is 2.62. The highest BCUT2D eigenvalue weighted by molar-refractivity contribution is 7.92. The Morgan fingerprint density at radius 1 is 1.00 bits per heavy atom. The zero-order valence-corrected chi connectivity index (χ0v) is 20.3. The number of carbonyl (C=O) groups is 1. The van der Waals surface area contributed by atoms with E-state index in [1.807, 2.05) is 31.2 Å². The molecule has 11 heteroatoms. The molecule has 0 saturated heterocycles. The second-order valence-corrected chi connectivity index (χ2v) is 10.1. The number of benzene rings is 3. The normalized spacial score (nSPS) is 11.9. The van der Waals surface area contributed by atoms with E-state index in [4.69, 9.17) is 0 Å². The van der Waals surface area contributed by atoms with Crippen LogP contribution in [-0.2, 0) is 22.6 Å². The van der Waals surface area contributed by atoms with Crippen molar-refractivity contribution >= 4 is 32.5 Å². The van der Waals surface area contributed by atoms with Crippen molar-refractivity contribution in [3.05, 3.63) is 105 Å². The summed E-state index contributed by atoms with van der Waals surface area (Å²) in [6.07, 6.45) is -2.84. The minimum absolute atomic E-state index is 0.0573. The molecule has 3 aromatic carbocycles. The zero-order valence-electron chi connectivity index (χ0n) is 19.5. The van der Waals surface area contributed by atoms with Crippen LogP contribution in [0.4, 0.5) is 18.9 Å². The number of hydrogen-bond donors (Lipinski definition) is 3. The molecule has 1 amide bonds. The first-order valence-electron chi connectivity index (χ1n) is 11.1. The highest BCUT2D eigenvalue weighted by Crippen LogP contribution is 2.31. The van der Waals surface area contributed by atoms with Crippen LogP contribution in [0.3, 0.4) is 0 Å². The number of aromatic nitrogens is 1. The molecule has 37 heavy (non-hydrogen) atoms. The topological polar surface area (TPSA) is 108 Å². The van der Waals surface area contributed by atoms with E-state index in [1.165, 1.54) is 24.4 Å². The maximum absolute atomic E-state index is 13.0. The Balaban J connectivity index is 1.56. The zero-order chi connectivity index (χ0) is 26.8. The number of hydrogen-bond acceptors (Lipinski definition) is 4. The Labute approximate surface area is 210 Å². The fourth-order valence-corrected chi connectivity index (χ4v) is 4.75. The molecule has 7 nitrogen and oxygen atoms in total. The Bertz CT molecular complexity index is 1630. The average Bonchev–Trinajstić information content (AvgIpc) is 2.84. The number of rotatable bonds is 7. The van der Waals surface area contributed by atoms with Gasteiger partial charge in [0, 0.05) is 29.3 Å². The maximum atomic E-state index is 13.0. The van der Waals surface area contributed by atoms with Crippen LogP contribution in [-0.4, -0.2) is 25.9 Å². The van der Waals surface area contributed by atoms with Gasteiger partial charge in [0.25, 0.3) is 15.9 Å². The van der Waals surface area contributed by atoms with Crippen LogP contribution in [0.15, 0.2) is 82.6 Å². The smallest absolute Gasteiger partial charge is 0.360 e. The van der Waals surface area contributed by atoms with Gasteiger partial charge in [-0.25, -0.2) is 8.42 Å². The molecule has 0 aliphatic rings. The lowest BCUT2D eigenvalue weighted by molar-refractivity contribution is -0.137. The summed E-state index contributed by atoms with van der Waals surface area (Å²) in [5.74, 6) is -0.620. The Morgan fingerprint density at radius 2 is 1.73 bits per heavy atom. The number of fused-ring (bicyclic) bond motifs is 1. The van der Waals surface area contributed by atoms with Gasteiger partial charge in [-0.15, -0.1) is 0 Å². The molecule has 0 aliphatic carbocycles. The van der Waals surface area contributed by atoms with Crippen LogP contribution in [0.2, 0.25) is 0 Å². The minimum Gasteiger partial charge on any atom is -0.360 e. The summed E-state index contributed by atoms with van der Waals surface area (Å²) < 4.78 is 66.7. The number of aromatic amines is 1. The van der Waals surface area contributed by atoms with Gasteiger partial charge in [0.1, 0.15) is 5.56 Å². The van der Waals surface area contributed by atoms with Crippen LogP contribution in [0.1, 0.15) is 27.0 Å². The van der Waals surface area contributed by atoms with E-state index in [0.29, 0.717) is 18.0 Å². The monoisotopic (exact) mass is 529 g/mol. The van der Waals surface area contributed by atoms with Crippen LogP contribution in [0, 0.1) is 6.92 Å². The molecule has 1 heterocycles. The summed E-state index contributed by atoms with van der Waals surface area (Å²) in [7, 11) is -4.34. The lowest BCUT2D eigenvalue weighted by atomic mass is 10.1. The fourth-order valence-electron chi connectivity index (χ4n) is 3.68. The van der Waals surface area contributed by atoms with Gasteiger partial charge >= 0.3 is 6.18 Å². The number of halogens is 3. The van der Waals surface area contributed by atoms with Crippen molar-refractivity contribution in [3.8, 4) is 0 Å². The molecule has 4 rings (SSSR count). The van der Waals surface area contributed by atoms with Gasteiger partial charge in [-0.2, -0.15) is 13.2 Å². The first-order valence-corrected chi connectivity index (χ1v) is 12.6. The highest BCUT2D eigenvalue weighted by atomic mass is 32.2. The van der Waals surface area contributed by atoms with Gasteiger partial charge in [0.05, 0.1) is 10.5 Å². The lowest BCUT2D eigenvalue weighted by Crippen LogP contribution is -2.30. The second kappa shape index (κ2) is 10.1. The van der Waals surface area contributed by atoms with Crippen LogP contribution >= 0.6 is 0 Å². The third-order valence-corrected chi connectivity index (χ3v) is 7.05. The number of alkyl halides is 3. The number of aryl methyl sites for hydroxylation is 1. The summed E-state index contributed by atoms with van der Waals surface area (Å²) in [5.41, 5.74) is 0.239. The van der Waals surface area contributed by atoms with E-state index in [1.54, 1.807) is 0 Å². The van der Waals surface area contributed by atoms with Crippen molar-refractivity contribution in [2.24, 2.45) is 0 Å². The highest BCUT2D eigenvalue weighted by Gasteiger charge is 2.30. The van der Waals surface area contributed by atoms with Crippen molar-refractivity contribution in [2.75, 3.05) is 11.3 Å². The molecule has 4 aromatic rings. The van der Waals surface area contributed by atoms with Crippen LogP contribution < -0.4 is 15.5 Å². The summed E-state index contributed by atoms with van der Waals surface area (Å²) in [4.78, 5) is 28.1. The predicted molar refractivity (Wildman–Crippen MR) is 134 cm³/mol. The molecular formula is C26H22F3N3O4S. The van der Waals surface area contributed by atoms with Gasteiger partial charge in [-0.1, -0.05) is 35.9 Å². The van der Waals surface area contributed by atoms with E-state index >= 15 is 0 Å². The second-order valence-electron chi connectivity index (χ2n) is 8.41. The van der Waals surface area contributed by atoms with E-state index in [9.17, 15) is 31.2 Å². The SMILES string of the molecule is Cc1ccc(CCNC(=O)c2c[nH]c3ccc(S(=O)(=O)Nc4cccc(C(F)(F)F)c4)cc3c2=O)cc1. The fraction of sp³-hybridized carbons (Fsp3) is 0.154. The standard InChI is InChI=1S/C26H22F3N3O4S/c1-16-5-7-17(8-6-16)11-12-30-25(34)22-15-31-23-10-9-20(14-21(23)24(22)33)37(35,36)32-19-4-2-3-18(13-19)26(27,28)29/h2-10,13-15,32H,11-12H2,1H3,(H,30,34)(H,31,33). The minimum atomic E-state index is -4.64. The summed E-state index contributed by atoms with van der Waals surface area (Å²) >= 11 is 0. The number of amides is 1. The number of anilines is 1. The lowest BCUT2D eigenvalue weighted by Gasteiger charge is -2.12. The van der Waals surface area contributed by atoms with E-state index in [2.05, 4.69) is 15.0 Å². The van der Waals surface area contributed by atoms with Gasteiger partial charge in [-0.3, -0.25) is 14.3 Å². The number of sulfonamides is 1. The molecule has 192 valence electrons. The van der Waals surface area contributed by atoms with Crippen LogP contribution in [0.25, 0.3) is 10.9 Å². The molecule has 0 spiro atoms. The van der Waals surface area contributed by atoms with Gasteiger partial charge < -0.3 is 10.3 Å². The molecule has 0 unspecified atom stereocenters. The molecule has 0 bridgehead atoms. The average molecular weight is 530 g/mol. The maximum Gasteiger partial charge on any atom is 0.416 e.